The molecule has 0 saturated carbocycles. The second-order valence-corrected chi connectivity index (χ2v) is 7.37. The highest BCUT2D eigenvalue weighted by molar-refractivity contribution is 7.89. The van der Waals surface area contributed by atoms with Crippen molar-refractivity contribution in [1.29, 1.82) is 0 Å². The third kappa shape index (κ3) is 4.14. The highest BCUT2D eigenvalue weighted by Crippen LogP contribution is 2.23. The van der Waals surface area contributed by atoms with E-state index in [1.54, 1.807) is 18.2 Å². The highest BCUT2D eigenvalue weighted by Gasteiger charge is 2.20. The summed E-state index contributed by atoms with van der Waals surface area (Å²) in [6.45, 7) is -0.323. The second kappa shape index (κ2) is 7.61. The summed E-state index contributed by atoms with van der Waals surface area (Å²) in [4.78, 5) is 0.175. The van der Waals surface area contributed by atoms with E-state index in [2.05, 4.69) is 4.72 Å². The molecular weight excluding hydrogens is 334 g/mol. The normalized spacial score (nSPS) is 12.7. The number of hydrogen-bond acceptors (Lipinski definition) is 3. The Hall–Kier alpha value is -2.47. The predicted molar refractivity (Wildman–Crippen MR) is 98.5 cm³/mol. The van der Waals surface area contributed by atoms with Crippen LogP contribution in [0.3, 0.4) is 0 Å². The number of aliphatic hydroxyl groups is 1. The van der Waals surface area contributed by atoms with Gasteiger partial charge in [0.25, 0.3) is 0 Å². The van der Waals surface area contributed by atoms with Crippen LogP contribution in [-0.4, -0.2) is 20.1 Å². The first-order valence-corrected chi connectivity index (χ1v) is 9.42. The van der Waals surface area contributed by atoms with Crippen LogP contribution in [0.5, 0.6) is 0 Å². The number of nitrogens with one attached hydrogen (secondary N) is 1. The number of benzene rings is 3. The topological polar surface area (TPSA) is 66.4 Å². The van der Waals surface area contributed by atoms with Gasteiger partial charge in [0.1, 0.15) is 0 Å². The summed E-state index contributed by atoms with van der Waals surface area (Å²) < 4.78 is 27.4. The molecule has 0 spiro atoms. The Kier molecular flexibility index (Phi) is 5.28. The lowest BCUT2D eigenvalue weighted by atomic mass is 10.0. The molecule has 0 saturated heterocycles. The number of rotatable bonds is 6. The summed E-state index contributed by atoms with van der Waals surface area (Å²) in [6.07, 6.45) is 0. The molecule has 0 unspecified atom stereocenters. The van der Waals surface area contributed by atoms with Crippen molar-refractivity contribution in [3.05, 3.63) is 90.5 Å². The van der Waals surface area contributed by atoms with Crippen LogP contribution in [-0.2, 0) is 10.0 Å². The summed E-state index contributed by atoms with van der Waals surface area (Å²) in [5.74, 6) is 0. The third-order valence-corrected chi connectivity index (χ3v) is 5.44. The van der Waals surface area contributed by atoms with Crippen LogP contribution in [0.2, 0.25) is 0 Å². The molecule has 1 atom stereocenters. The van der Waals surface area contributed by atoms with Gasteiger partial charge < -0.3 is 5.11 Å². The number of hydrogen-bond donors (Lipinski definition) is 2. The molecule has 0 radical (unpaired) electrons. The SMILES string of the molecule is O=S(=O)(N[C@H](CO)c1ccc(-c2ccccc2)cc1)c1ccccc1. The highest BCUT2D eigenvalue weighted by atomic mass is 32.2. The molecule has 4 nitrogen and oxygen atoms in total. The zero-order chi connectivity index (χ0) is 17.7. The van der Waals surface area contributed by atoms with Crippen molar-refractivity contribution in [3.8, 4) is 11.1 Å². The van der Waals surface area contributed by atoms with Gasteiger partial charge >= 0.3 is 0 Å². The quantitative estimate of drug-likeness (QED) is 0.714. The molecule has 128 valence electrons. The average Bonchev–Trinajstić information content (AvgIpc) is 2.68. The van der Waals surface area contributed by atoms with Crippen LogP contribution in [0.25, 0.3) is 11.1 Å². The van der Waals surface area contributed by atoms with Gasteiger partial charge in [-0.1, -0.05) is 72.8 Å². The lowest BCUT2D eigenvalue weighted by molar-refractivity contribution is 0.259. The summed E-state index contributed by atoms with van der Waals surface area (Å²) >= 11 is 0. The van der Waals surface area contributed by atoms with Gasteiger partial charge in [0.05, 0.1) is 17.5 Å². The van der Waals surface area contributed by atoms with Gasteiger partial charge in [-0.2, -0.15) is 0 Å². The molecular formula is C20H19NO3S. The Morgan fingerprint density at radius 2 is 1.28 bits per heavy atom. The van der Waals surface area contributed by atoms with Gasteiger partial charge in [-0.15, -0.1) is 0 Å². The Balaban J connectivity index is 1.82. The van der Waals surface area contributed by atoms with Gasteiger partial charge in [-0.05, 0) is 28.8 Å². The van der Waals surface area contributed by atoms with E-state index in [9.17, 15) is 13.5 Å². The van der Waals surface area contributed by atoms with E-state index in [1.807, 2.05) is 54.6 Å². The minimum atomic E-state index is -3.69. The fourth-order valence-corrected chi connectivity index (χ4v) is 3.84. The Labute approximate surface area is 147 Å². The van der Waals surface area contributed by atoms with Crippen molar-refractivity contribution >= 4 is 10.0 Å². The van der Waals surface area contributed by atoms with Crippen molar-refractivity contribution in [2.75, 3.05) is 6.61 Å². The van der Waals surface area contributed by atoms with Gasteiger partial charge in [0.15, 0.2) is 0 Å². The number of aliphatic hydroxyl groups excluding tert-OH is 1. The molecule has 0 fully saturated rings. The van der Waals surface area contributed by atoms with Crippen LogP contribution >= 0.6 is 0 Å². The lowest BCUT2D eigenvalue weighted by Crippen LogP contribution is -2.30. The maximum absolute atomic E-state index is 12.4. The smallest absolute Gasteiger partial charge is 0.241 e. The first kappa shape index (κ1) is 17.4. The second-order valence-electron chi connectivity index (χ2n) is 5.66. The van der Waals surface area contributed by atoms with Gasteiger partial charge in [-0.25, -0.2) is 13.1 Å². The molecule has 25 heavy (non-hydrogen) atoms. The first-order valence-electron chi connectivity index (χ1n) is 7.94. The van der Waals surface area contributed by atoms with Crippen molar-refractivity contribution in [1.82, 2.24) is 4.72 Å². The summed E-state index contributed by atoms with van der Waals surface area (Å²) in [5, 5.41) is 9.65. The van der Waals surface area contributed by atoms with Gasteiger partial charge in [-0.3, -0.25) is 0 Å². The van der Waals surface area contributed by atoms with E-state index in [-0.39, 0.29) is 11.5 Å². The van der Waals surface area contributed by atoms with Crippen LogP contribution in [0.4, 0.5) is 0 Å². The first-order chi connectivity index (χ1) is 12.1. The summed E-state index contributed by atoms with van der Waals surface area (Å²) in [7, 11) is -3.69. The van der Waals surface area contributed by atoms with Crippen LogP contribution in [0, 0.1) is 0 Å². The molecule has 0 bridgehead atoms. The molecule has 3 aromatic rings. The lowest BCUT2D eigenvalue weighted by Gasteiger charge is -2.17. The van der Waals surface area contributed by atoms with Crippen LogP contribution < -0.4 is 4.72 Å². The summed E-state index contributed by atoms with van der Waals surface area (Å²) in [6, 6.07) is 24.8. The molecule has 2 N–H and O–H groups in total. The average molecular weight is 353 g/mol. The van der Waals surface area contributed by atoms with E-state index >= 15 is 0 Å². The van der Waals surface area contributed by atoms with Crippen molar-refractivity contribution in [2.45, 2.75) is 10.9 Å². The van der Waals surface area contributed by atoms with Crippen molar-refractivity contribution in [2.24, 2.45) is 0 Å². The molecule has 5 heteroatoms. The molecule has 0 heterocycles. The molecule has 3 rings (SSSR count). The van der Waals surface area contributed by atoms with Gasteiger partial charge in [0.2, 0.25) is 10.0 Å². The third-order valence-electron chi connectivity index (χ3n) is 3.95. The Bertz CT molecular complexity index is 908. The maximum atomic E-state index is 12.4. The number of sulfonamides is 1. The van der Waals surface area contributed by atoms with Crippen molar-refractivity contribution in [3.63, 3.8) is 0 Å². The van der Waals surface area contributed by atoms with E-state index in [4.69, 9.17) is 0 Å². The predicted octanol–water partition coefficient (Wildman–Crippen LogP) is 3.37. The van der Waals surface area contributed by atoms with Crippen molar-refractivity contribution < 1.29 is 13.5 Å². The minimum absolute atomic E-state index is 0.175. The fourth-order valence-electron chi connectivity index (χ4n) is 2.60. The zero-order valence-electron chi connectivity index (χ0n) is 13.5. The zero-order valence-corrected chi connectivity index (χ0v) is 14.4. The van der Waals surface area contributed by atoms with E-state index in [0.29, 0.717) is 5.56 Å². The van der Waals surface area contributed by atoms with Gasteiger partial charge in [0, 0.05) is 0 Å². The van der Waals surface area contributed by atoms with E-state index in [1.165, 1.54) is 12.1 Å². The molecule has 3 aromatic carbocycles. The van der Waals surface area contributed by atoms with E-state index < -0.39 is 16.1 Å². The molecule has 0 aliphatic heterocycles. The fraction of sp³-hybridized carbons (Fsp3) is 0.100. The summed E-state index contributed by atoms with van der Waals surface area (Å²) in [5.41, 5.74) is 2.83. The monoisotopic (exact) mass is 353 g/mol. The standard InChI is InChI=1S/C20H19NO3S/c22-15-20(21-25(23,24)19-9-5-2-6-10-19)18-13-11-17(12-14-18)16-7-3-1-4-8-16/h1-14,20-22H,15H2/t20-/m1/s1. The molecule has 0 aliphatic carbocycles. The largest absolute Gasteiger partial charge is 0.394 e. The minimum Gasteiger partial charge on any atom is -0.394 e. The van der Waals surface area contributed by atoms with Crippen LogP contribution in [0.1, 0.15) is 11.6 Å². The Morgan fingerprint density at radius 1 is 0.760 bits per heavy atom. The molecule has 0 aromatic heterocycles. The van der Waals surface area contributed by atoms with Crippen LogP contribution in [0.15, 0.2) is 89.8 Å². The molecule has 0 aliphatic rings. The van der Waals surface area contributed by atoms with E-state index in [0.717, 1.165) is 11.1 Å². The molecule has 0 amide bonds. The Morgan fingerprint density at radius 3 is 1.84 bits per heavy atom. The maximum Gasteiger partial charge on any atom is 0.241 e.